The molecule has 0 saturated heterocycles. The van der Waals surface area contributed by atoms with Crippen LogP contribution in [0.3, 0.4) is 0 Å². The van der Waals surface area contributed by atoms with Crippen molar-refractivity contribution in [3.63, 3.8) is 0 Å². The summed E-state index contributed by atoms with van der Waals surface area (Å²) < 4.78 is 0. The number of hydrogen-bond donors (Lipinski definition) is 11. The van der Waals surface area contributed by atoms with Crippen LogP contribution in [0.25, 0.3) is 10.8 Å². The highest BCUT2D eigenvalue weighted by Crippen LogP contribution is 2.17. The number of phenols is 1. The van der Waals surface area contributed by atoms with Crippen molar-refractivity contribution < 1.29 is 34.2 Å². The Labute approximate surface area is 318 Å². The maximum Gasteiger partial charge on any atom is 0.322 e. The second-order valence-corrected chi connectivity index (χ2v) is 12.8. The summed E-state index contributed by atoms with van der Waals surface area (Å²) in [5, 5.41) is 34.1. The molecule has 15 N–H and O–H groups in total. The zero-order chi connectivity index (χ0) is 40.3. The fourth-order valence-electron chi connectivity index (χ4n) is 5.65. The van der Waals surface area contributed by atoms with E-state index in [9.17, 15) is 34.2 Å². The lowest BCUT2D eigenvalue weighted by Gasteiger charge is -2.26. The number of fused-ring (bicyclic) bond motifs is 1. The number of aromatic hydroxyl groups is 1. The Bertz CT molecular complexity index is 1830. The van der Waals surface area contributed by atoms with E-state index in [1.165, 1.54) is 12.1 Å². The van der Waals surface area contributed by atoms with Crippen LogP contribution in [0.5, 0.6) is 5.75 Å². The first-order chi connectivity index (χ1) is 26.2. The van der Waals surface area contributed by atoms with Gasteiger partial charge in [0, 0.05) is 19.5 Å². The fourth-order valence-corrected chi connectivity index (χ4v) is 5.65. The molecule has 18 heteroatoms. The highest BCUT2D eigenvalue weighted by Gasteiger charge is 2.31. The summed E-state index contributed by atoms with van der Waals surface area (Å²) in [4.78, 5) is 73.8. The van der Waals surface area contributed by atoms with Gasteiger partial charge in [0.25, 0.3) is 0 Å². The van der Waals surface area contributed by atoms with Crippen molar-refractivity contribution in [1.82, 2.24) is 26.6 Å². The van der Waals surface area contributed by atoms with Gasteiger partial charge in [-0.1, -0.05) is 54.6 Å². The van der Waals surface area contributed by atoms with Gasteiger partial charge in [0.15, 0.2) is 11.9 Å². The minimum atomic E-state index is -1.27. The molecule has 0 bridgehead atoms. The van der Waals surface area contributed by atoms with Crippen molar-refractivity contribution >= 4 is 52.3 Å². The number of nitrogens with two attached hydrogens (primary N) is 4. The van der Waals surface area contributed by atoms with Gasteiger partial charge >= 0.3 is 5.97 Å². The molecule has 0 unspecified atom stereocenters. The number of carbonyl (C=O) groups excluding carboxylic acids is 4. The smallest absolute Gasteiger partial charge is 0.322 e. The third-order valence-corrected chi connectivity index (χ3v) is 8.50. The van der Waals surface area contributed by atoms with Crippen molar-refractivity contribution in [1.29, 1.82) is 0 Å². The molecule has 0 heterocycles. The van der Waals surface area contributed by atoms with Gasteiger partial charge in [0.1, 0.15) is 30.4 Å². The van der Waals surface area contributed by atoms with Gasteiger partial charge in [-0.3, -0.25) is 34.0 Å². The first-order valence-electron chi connectivity index (χ1n) is 17.7. The number of likely N-dealkylation sites (N-methyl/N-ethyl adjacent to an activating group) is 1. The van der Waals surface area contributed by atoms with Gasteiger partial charge in [-0.2, -0.15) is 0 Å². The maximum atomic E-state index is 14.0. The lowest BCUT2D eigenvalue weighted by atomic mass is 10.0. The van der Waals surface area contributed by atoms with Crippen molar-refractivity contribution in [2.24, 2.45) is 32.9 Å². The Morgan fingerprint density at radius 3 is 1.65 bits per heavy atom. The molecule has 55 heavy (non-hydrogen) atoms. The Morgan fingerprint density at radius 2 is 1.13 bits per heavy atom. The molecular weight excluding hydrogens is 710 g/mol. The molecule has 0 spiro atoms. The van der Waals surface area contributed by atoms with Gasteiger partial charge in [0.2, 0.25) is 23.6 Å². The Hall–Kier alpha value is -6.43. The summed E-state index contributed by atoms with van der Waals surface area (Å²) in [6, 6.07) is 15.1. The molecule has 0 aromatic heterocycles. The van der Waals surface area contributed by atoms with Crippen LogP contribution >= 0.6 is 0 Å². The van der Waals surface area contributed by atoms with Crippen LogP contribution in [0, 0.1) is 0 Å². The number of amides is 4. The van der Waals surface area contributed by atoms with E-state index in [2.05, 4.69) is 36.6 Å². The number of carboxylic acid groups (broad SMARTS) is 1. The fraction of sp³-hybridized carbons (Fsp3) is 0.378. The van der Waals surface area contributed by atoms with Crippen molar-refractivity contribution in [3.05, 3.63) is 77.9 Å². The second-order valence-electron chi connectivity index (χ2n) is 12.8. The van der Waals surface area contributed by atoms with Crippen LogP contribution in [0.4, 0.5) is 0 Å². The molecular formula is C37H51N11O7. The Balaban J connectivity index is 1.86. The first-order valence-corrected chi connectivity index (χ1v) is 17.7. The predicted molar refractivity (Wildman–Crippen MR) is 209 cm³/mol. The minimum Gasteiger partial charge on any atom is -0.508 e. The number of carboxylic acids is 1. The number of guanidine groups is 2. The lowest BCUT2D eigenvalue weighted by Crippen LogP contribution is -2.58. The van der Waals surface area contributed by atoms with E-state index in [1.807, 2.05) is 36.4 Å². The molecule has 4 amide bonds. The average molecular weight is 762 g/mol. The van der Waals surface area contributed by atoms with E-state index in [0.717, 1.165) is 16.3 Å². The molecule has 4 atom stereocenters. The molecule has 296 valence electrons. The van der Waals surface area contributed by atoms with E-state index >= 15 is 0 Å². The van der Waals surface area contributed by atoms with Crippen molar-refractivity contribution in [3.8, 4) is 5.75 Å². The number of benzene rings is 3. The molecule has 0 saturated carbocycles. The summed E-state index contributed by atoms with van der Waals surface area (Å²) in [6.45, 7) is -0.389. The topological polar surface area (TPSA) is 315 Å². The number of phenolic OH excluding ortho intramolecular Hbond substituents is 1. The van der Waals surface area contributed by atoms with Gasteiger partial charge in [-0.05, 0) is 73.2 Å². The molecule has 0 aliphatic heterocycles. The summed E-state index contributed by atoms with van der Waals surface area (Å²) in [6.07, 6.45) is 0.900. The molecule has 3 rings (SSSR count). The van der Waals surface area contributed by atoms with Crippen molar-refractivity contribution in [2.45, 2.75) is 62.7 Å². The minimum absolute atomic E-state index is 0.00655. The van der Waals surface area contributed by atoms with Crippen LogP contribution in [0.15, 0.2) is 76.7 Å². The van der Waals surface area contributed by atoms with Crippen LogP contribution in [0.2, 0.25) is 0 Å². The average Bonchev–Trinajstić information content (AvgIpc) is 3.15. The van der Waals surface area contributed by atoms with Gasteiger partial charge in [-0.15, -0.1) is 0 Å². The Morgan fingerprint density at radius 1 is 0.636 bits per heavy atom. The van der Waals surface area contributed by atoms with Gasteiger partial charge < -0.3 is 59.7 Å². The number of nitrogens with zero attached hydrogens (tertiary/aromatic N) is 2. The number of nitrogens with one attached hydrogen (secondary N) is 5. The molecule has 18 nitrogen and oxygen atoms in total. The molecule has 0 radical (unpaired) electrons. The summed E-state index contributed by atoms with van der Waals surface area (Å²) in [7, 11) is 1.59. The summed E-state index contributed by atoms with van der Waals surface area (Å²) in [5.41, 5.74) is 23.3. The molecule has 3 aromatic carbocycles. The highest BCUT2D eigenvalue weighted by molar-refractivity contribution is 5.95. The summed E-state index contributed by atoms with van der Waals surface area (Å²) in [5.74, 6) is -4.18. The number of hydrogen-bond acceptors (Lipinski definition) is 9. The standard InChI is InChI=1S/C37H51N11O7/c1-42-29(19-22-11-14-26(49)15-12-22)35(55)47-27(8-4-16-43-36(38)39)33(53)46-28(9-5-17-44-37(40)41)34(54)48-30(32(52)45-21-31(50)51)20-23-10-13-24-6-2-3-7-25(24)18-23/h2-3,6-7,10-15,18,27-30,42,49H,4-5,8-9,16-17,19-21H2,1H3,(H,45,52)(H,46,53)(H,47,55)(H,48,54)(H,50,51)(H4,38,39,43)(H4,40,41,44)/t27-,28-,29+,30-/m0/s1. The highest BCUT2D eigenvalue weighted by atomic mass is 16.4. The molecule has 3 aromatic rings. The third-order valence-electron chi connectivity index (χ3n) is 8.50. The Kier molecular flexibility index (Phi) is 17.1. The van der Waals surface area contributed by atoms with Crippen LogP contribution < -0.4 is 49.5 Å². The van der Waals surface area contributed by atoms with Crippen LogP contribution in [-0.4, -0.2) is 103 Å². The zero-order valence-electron chi connectivity index (χ0n) is 30.7. The first kappa shape index (κ1) is 43.0. The van der Waals surface area contributed by atoms with E-state index in [-0.39, 0.29) is 69.3 Å². The quantitative estimate of drug-likeness (QED) is 0.0323. The van der Waals surface area contributed by atoms with Gasteiger partial charge in [0.05, 0.1) is 6.04 Å². The van der Waals surface area contributed by atoms with E-state index in [1.54, 1.807) is 25.2 Å². The largest absolute Gasteiger partial charge is 0.508 e. The number of aliphatic carboxylic acids is 1. The van der Waals surface area contributed by atoms with E-state index in [0.29, 0.717) is 5.56 Å². The number of rotatable bonds is 22. The molecule has 0 aliphatic rings. The molecule has 0 fully saturated rings. The van der Waals surface area contributed by atoms with Crippen LogP contribution in [-0.2, 0) is 36.8 Å². The predicted octanol–water partition coefficient (Wildman–Crippen LogP) is -1.32. The van der Waals surface area contributed by atoms with Gasteiger partial charge in [-0.25, -0.2) is 0 Å². The SMILES string of the molecule is CN[C@H](Cc1ccc(O)cc1)C(=O)N[C@@H](CCCN=C(N)N)C(=O)N[C@@H](CCCN=C(N)N)C(=O)N[C@@H](Cc1ccc2ccccc2c1)C(=O)NCC(=O)O. The second kappa shape index (κ2) is 21.9. The summed E-state index contributed by atoms with van der Waals surface area (Å²) >= 11 is 0. The number of carbonyl (C=O) groups is 5. The normalized spacial score (nSPS) is 13.0. The van der Waals surface area contributed by atoms with E-state index < -0.39 is 60.3 Å². The zero-order valence-corrected chi connectivity index (χ0v) is 30.7. The lowest BCUT2D eigenvalue weighted by molar-refractivity contribution is -0.138. The third kappa shape index (κ3) is 15.2. The van der Waals surface area contributed by atoms with Crippen LogP contribution in [0.1, 0.15) is 36.8 Å². The van der Waals surface area contributed by atoms with E-state index in [4.69, 9.17) is 22.9 Å². The molecule has 0 aliphatic carbocycles. The van der Waals surface area contributed by atoms with Crippen molar-refractivity contribution in [2.75, 3.05) is 26.7 Å². The number of aliphatic imine (C=N–C) groups is 2. The monoisotopic (exact) mass is 761 g/mol. The maximum absolute atomic E-state index is 14.0.